The number of aromatic amines is 1. The van der Waals surface area contributed by atoms with Gasteiger partial charge in [0.25, 0.3) is 11.5 Å². The van der Waals surface area contributed by atoms with Crippen molar-refractivity contribution in [3.8, 4) is 6.07 Å². The number of hydrogen-bond acceptors (Lipinski definition) is 5. The Labute approximate surface area is 176 Å². The summed E-state index contributed by atoms with van der Waals surface area (Å²) in [6.45, 7) is 3.20. The van der Waals surface area contributed by atoms with Gasteiger partial charge in [0.05, 0.1) is 0 Å². The number of amides is 1. The molecule has 0 radical (unpaired) electrons. The van der Waals surface area contributed by atoms with E-state index in [2.05, 4.69) is 10.3 Å². The molecule has 4 saturated carbocycles. The summed E-state index contributed by atoms with van der Waals surface area (Å²) in [7, 11) is 0. The van der Waals surface area contributed by atoms with Gasteiger partial charge in [-0.2, -0.15) is 5.26 Å². The van der Waals surface area contributed by atoms with Crippen molar-refractivity contribution in [2.24, 2.45) is 17.8 Å². The first-order chi connectivity index (χ1) is 14.3. The number of carbonyl (C=O) groups excluding carboxylic acids is 2. The van der Waals surface area contributed by atoms with Gasteiger partial charge in [-0.25, -0.2) is 0 Å². The fourth-order valence-corrected chi connectivity index (χ4v) is 6.46. The van der Waals surface area contributed by atoms with Crippen LogP contribution >= 0.6 is 0 Å². The van der Waals surface area contributed by atoms with Crippen LogP contribution in [0, 0.1) is 42.9 Å². The van der Waals surface area contributed by atoms with Crippen LogP contribution in [0.1, 0.15) is 67.3 Å². The molecule has 4 fully saturated rings. The second-order valence-electron chi connectivity index (χ2n) is 9.58. The molecule has 30 heavy (non-hydrogen) atoms. The Kier molecular flexibility index (Phi) is 5.44. The van der Waals surface area contributed by atoms with E-state index in [1.54, 1.807) is 13.8 Å². The summed E-state index contributed by atoms with van der Waals surface area (Å²) in [5.74, 6) is 1.54. The lowest BCUT2D eigenvalue weighted by Gasteiger charge is -2.56. The molecule has 1 aromatic heterocycles. The molecule has 0 saturated heterocycles. The van der Waals surface area contributed by atoms with Gasteiger partial charge in [-0.1, -0.05) is 0 Å². The minimum absolute atomic E-state index is 0.0684. The molecule has 4 aliphatic rings. The third-order valence-corrected chi connectivity index (χ3v) is 7.31. The number of nitriles is 1. The third kappa shape index (κ3) is 4.00. The predicted molar refractivity (Wildman–Crippen MR) is 110 cm³/mol. The van der Waals surface area contributed by atoms with Gasteiger partial charge in [-0.05, 0) is 87.7 Å². The second-order valence-corrected chi connectivity index (χ2v) is 9.58. The average Bonchev–Trinajstić information content (AvgIpc) is 2.64. The van der Waals surface area contributed by atoms with E-state index in [0.717, 1.165) is 42.6 Å². The summed E-state index contributed by atoms with van der Waals surface area (Å²) < 4.78 is 5.21. The summed E-state index contributed by atoms with van der Waals surface area (Å²) >= 11 is 0. The van der Waals surface area contributed by atoms with Crippen molar-refractivity contribution in [1.29, 1.82) is 5.26 Å². The Morgan fingerprint density at radius 1 is 1.17 bits per heavy atom. The molecule has 1 heterocycles. The van der Waals surface area contributed by atoms with Crippen molar-refractivity contribution < 1.29 is 14.3 Å². The molecule has 7 heteroatoms. The van der Waals surface area contributed by atoms with E-state index >= 15 is 0 Å². The SMILES string of the molecule is Cc1[nH]c(=O)c(C#N)c(C)c1CCC(=O)OCC(=O)NC12CC3CC(CC(C3)C1)C2. The topological polar surface area (TPSA) is 112 Å². The van der Waals surface area contributed by atoms with E-state index in [-0.39, 0.29) is 30.0 Å². The summed E-state index contributed by atoms with van der Waals surface area (Å²) in [6.07, 6.45) is 7.53. The lowest BCUT2D eigenvalue weighted by molar-refractivity contribution is -0.150. The van der Waals surface area contributed by atoms with Crippen LogP contribution in [-0.4, -0.2) is 29.0 Å². The van der Waals surface area contributed by atoms with E-state index in [1.165, 1.54) is 19.3 Å². The normalized spacial score (nSPS) is 28.8. The van der Waals surface area contributed by atoms with Crippen LogP contribution in [0.4, 0.5) is 0 Å². The highest BCUT2D eigenvalue weighted by Gasteiger charge is 2.51. The highest BCUT2D eigenvalue weighted by atomic mass is 16.5. The minimum Gasteiger partial charge on any atom is -0.456 e. The molecule has 0 aromatic carbocycles. The van der Waals surface area contributed by atoms with Crippen LogP contribution in [0.15, 0.2) is 4.79 Å². The maximum atomic E-state index is 12.5. The maximum absolute atomic E-state index is 12.5. The van der Waals surface area contributed by atoms with Crippen molar-refractivity contribution in [3.63, 3.8) is 0 Å². The van der Waals surface area contributed by atoms with Crippen molar-refractivity contribution >= 4 is 11.9 Å². The van der Waals surface area contributed by atoms with Crippen molar-refractivity contribution in [2.45, 2.75) is 70.8 Å². The number of carbonyl (C=O) groups is 2. The smallest absolute Gasteiger partial charge is 0.306 e. The van der Waals surface area contributed by atoms with Gasteiger partial charge < -0.3 is 15.0 Å². The second kappa shape index (κ2) is 7.90. The summed E-state index contributed by atoms with van der Waals surface area (Å²) in [5.41, 5.74) is 1.56. The number of aromatic nitrogens is 1. The molecule has 1 aromatic rings. The molecule has 7 nitrogen and oxygen atoms in total. The number of esters is 1. The van der Waals surface area contributed by atoms with Crippen molar-refractivity contribution in [2.75, 3.05) is 6.61 Å². The Balaban J connectivity index is 1.28. The Bertz CT molecular complexity index is 937. The first kappa shape index (κ1) is 20.6. The number of nitrogens with zero attached hydrogens (tertiary/aromatic N) is 1. The molecule has 5 rings (SSSR count). The first-order valence-electron chi connectivity index (χ1n) is 10.9. The van der Waals surface area contributed by atoms with Gasteiger partial charge in [0, 0.05) is 17.7 Å². The highest BCUT2D eigenvalue weighted by molar-refractivity contribution is 5.81. The van der Waals surface area contributed by atoms with Crippen LogP contribution in [0.5, 0.6) is 0 Å². The lowest BCUT2D eigenvalue weighted by atomic mass is 9.53. The van der Waals surface area contributed by atoms with E-state index in [4.69, 9.17) is 10.00 Å². The van der Waals surface area contributed by atoms with Crippen LogP contribution in [-0.2, 0) is 20.7 Å². The standard InChI is InChI=1S/C23H29N3O4/c1-13-18(14(2)25-22(29)19(13)11-24)3-4-21(28)30-12-20(27)26-23-8-15-5-16(9-23)7-17(6-15)10-23/h15-17H,3-10,12H2,1-2H3,(H,25,29)(H,26,27). The summed E-state index contributed by atoms with van der Waals surface area (Å²) in [6, 6.07) is 1.91. The van der Waals surface area contributed by atoms with Gasteiger partial charge in [-0.3, -0.25) is 14.4 Å². The summed E-state index contributed by atoms with van der Waals surface area (Å²) in [4.78, 5) is 39.1. The predicted octanol–water partition coefficient (Wildman–Crippen LogP) is 2.42. The van der Waals surface area contributed by atoms with E-state index in [1.807, 2.05) is 6.07 Å². The largest absolute Gasteiger partial charge is 0.456 e. The molecule has 2 N–H and O–H groups in total. The monoisotopic (exact) mass is 411 g/mol. The maximum Gasteiger partial charge on any atom is 0.306 e. The van der Waals surface area contributed by atoms with Gasteiger partial charge in [0.2, 0.25) is 0 Å². The number of rotatable bonds is 6. The molecule has 0 spiro atoms. The Hall–Kier alpha value is -2.62. The van der Waals surface area contributed by atoms with Gasteiger partial charge in [-0.15, -0.1) is 0 Å². The Morgan fingerprint density at radius 2 is 1.77 bits per heavy atom. The fraction of sp³-hybridized carbons (Fsp3) is 0.652. The fourth-order valence-electron chi connectivity index (χ4n) is 6.46. The molecule has 1 amide bonds. The number of nitrogens with one attached hydrogen (secondary N) is 2. The number of aryl methyl sites for hydroxylation is 1. The highest BCUT2D eigenvalue weighted by Crippen LogP contribution is 2.55. The number of pyridine rings is 1. The third-order valence-electron chi connectivity index (χ3n) is 7.31. The summed E-state index contributed by atoms with van der Waals surface area (Å²) in [5, 5.41) is 12.3. The molecule has 0 unspecified atom stereocenters. The zero-order chi connectivity index (χ0) is 21.5. The molecule has 4 bridgehead atoms. The lowest BCUT2D eigenvalue weighted by Crippen LogP contribution is -2.60. The van der Waals surface area contributed by atoms with Gasteiger partial charge in [0.1, 0.15) is 11.6 Å². The average molecular weight is 412 g/mol. The zero-order valence-corrected chi connectivity index (χ0v) is 17.7. The quantitative estimate of drug-likeness (QED) is 0.698. The number of hydrogen-bond donors (Lipinski definition) is 2. The van der Waals surface area contributed by atoms with Crippen LogP contribution in [0.2, 0.25) is 0 Å². The molecular weight excluding hydrogens is 382 g/mol. The molecule has 0 aliphatic heterocycles. The number of H-pyrrole nitrogens is 1. The van der Waals surface area contributed by atoms with Crippen molar-refractivity contribution in [3.05, 3.63) is 32.7 Å². The first-order valence-corrected chi connectivity index (χ1v) is 10.9. The molecular formula is C23H29N3O4. The van der Waals surface area contributed by atoms with Gasteiger partial charge >= 0.3 is 5.97 Å². The van der Waals surface area contributed by atoms with E-state index in [9.17, 15) is 14.4 Å². The van der Waals surface area contributed by atoms with E-state index in [0.29, 0.717) is 17.7 Å². The van der Waals surface area contributed by atoms with Crippen LogP contribution in [0.3, 0.4) is 0 Å². The van der Waals surface area contributed by atoms with Crippen LogP contribution in [0.25, 0.3) is 0 Å². The van der Waals surface area contributed by atoms with Crippen LogP contribution < -0.4 is 10.9 Å². The Morgan fingerprint density at radius 3 is 2.33 bits per heavy atom. The molecule has 160 valence electrons. The minimum atomic E-state index is -0.459. The van der Waals surface area contributed by atoms with Gasteiger partial charge in [0.15, 0.2) is 6.61 Å². The van der Waals surface area contributed by atoms with Crippen molar-refractivity contribution in [1.82, 2.24) is 10.3 Å². The molecule has 4 aliphatic carbocycles. The number of ether oxygens (including phenoxy) is 1. The molecule has 0 atom stereocenters. The zero-order valence-electron chi connectivity index (χ0n) is 17.7. The van der Waals surface area contributed by atoms with E-state index < -0.39 is 11.5 Å².